The lowest BCUT2D eigenvalue weighted by atomic mass is 10.00. The van der Waals surface area contributed by atoms with Crippen LogP contribution in [0.15, 0.2) is 42.2 Å². The van der Waals surface area contributed by atoms with Gasteiger partial charge in [-0.2, -0.15) is 0 Å². The molecule has 0 atom stereocenters. The molecule has 1 aliphatic heterocycles. The van der Waals surface area contributed by atoms with Gasteiger partial charge in [-0.1, -0.05) is 12.1 Å². The number of esters is 1. The molecule has 2 rings (SSSR count). The zero-order chi connectivity index (χ0) is 12.3. The molecule has 0 saturated heterocycles. The Morgan fingerprint density at radius 2 is 2.29 bits per heavy atom. The monoisotopic (exact) mass is 230 g/mol. The molecule has 3 N–H and O–H groups in total. The maximum atomic E-state index is 11.4. The van der Waals surface area contributed by atoms with Gasteiger partial charge in [-0.25, -0.2) is 4.79 Å². The first-order chi connectivity index (χ1) is 8.22. The molecule has 4 heteroatoms. The highest BCUT2D eigenvalue weighted by Crippen LogP contribution is 2.20. The summed E-state index contributed by atoms with van der Waals surface area (Å²) >= 11 is 0. The van der Waals surface area contributed by atoms with Gasteiger partial charge in [0.1, 0.15) is 0 Å². The number of rotatable bonds is 2. The molecular weight excluding hydrogens is 216 g/mol. The van der Waals surface area contributed by atoms with Crippen LogP contribution in [0.4, 0.5) is 0 Å². The van der Waals surface area contributed by atoms with Crippen LogP contribution in [0.1, 0.15) is 15.9 Å². The molecule has 0 amide bonds. The fraction of sp³-hybridized carbons (Fsp3) is 0.154. The van der Waals surface area contributed by atoms with E-state index in [0.717, 1.165) is 11.1 Å². The van der Waals surface area contributed by atoms with Gasteiger partial charge in [0, 0.05) is 17.8 Å². The second-order valence-electron chi connectivity index (χ2n) is 3.72. The molecule has 0 bridgehead atoms. The molecule has 0 aliphatic carbocycles. The number of hydrogen-bond donors (Lipinski definition) is 2. The number of nitrogens with two attached hydrogens (primary N) is 1. The van der Waals surface area contributed by atoms with E-state index >= 15 is 0 Å². The lowest BCUT2D eigenvalue weighted by Crippen LogP contribution is -2.18. The van der Waals surface area contributed by atoms with Crippen LogP contribution in [0.2, 0.25) is 0 Å². The van der Waals surface area contributed by atoms with E-state index in [1.54, 1.807) is 12.1 Å². The minimum absolute atomic E-state index is 0.342. The van der Waals surface area contributed by atoms with E-state index in [-0.39, 0.29) is 5.97 Å². The second kappa shape index (κ2) is 4.74. The largest absolute Gasteiger partial charge is 0.465 e. The van der Waals surface area contributed by atoms with Crippen LogP contribution in [-0.4, -0.2) is 19.6 Å². The Labute approximate surface area is 99.8 Å². The third-order valence-electron chi connectivity index (χ3n) is 2.64. The Morgan fingerprint density at radius 3 is 3.00 bits per heavy atom. The van der Waals surface area contributed by atoms with E-state index in [2.05, 4.69) is 10.1 Å². The minimum Gasteiger partial charge on any atom is -0.465 e. The minimum atomic E-state index is -0.342. The summed E-state index contributed by atoms with van der Waals surface area (Å²) in [6.45, 7) is 0.660. The quantitative estimate of drug-likeness (QED) is 0.751. The summed E-state index contributed by atoms with van der Waals surface area (Å²) < 4.78 is 4.69. The van der Waals surface area contributed by atoms with Gasteiger partial charge in [0.15, 0.2) is 0 Å². The van der Waals surface area contributed by atoms with Crippen LogP contribution in [0.5, 0.6) is 0 Å². The van der Waals surface area contributed by atoms with Gasteiger partial charge in [-0.3, -0.25) is 0 Å². The van der Waals surface area contributed by atoms with Crippen molar-refractivity contribution in [3.63, 3.8) is 0 Å². The van der Waals surface area contributed by atoms with Crippen molar-refractivity contribution in [2.45, 2.75) is 0 Å². The summed E-state index contributed by atoms with van der Waals surface area (Å²) in [7, 11) is 1.37. The number of carbonyl (C=O) groups is 1. The van der Waals surface area contributed by atoms with Crippen LogP contribution < -0.4 is 11.1 Å². The Balaban J connectivity index is 2.40. The van der Waals surface area contributed by atoms with Crippen molar-refractivity contribution in [1.29, 1.82) is 0 Å². The summed E-state index contributed by atoms with van der Waals surface area (Å²) in [6.07, 6.45) is 3.62. The number of allylic oxidation sites excluding steroid dienone is 1. The van der Waals surface area contributed by atoms with Crippen LogP contribution in [0, 0.1) is 0 Å². The number of nitrogens with one attached hydrogen (secondary N) is 1. The highest BCUT2D eigenvalue weighted by Gasteiger charge is 2.11. The molecule has 1 heterocycles. The number of dihydropyridines is 1. The van der Waals surface area contributed by atoms with Gasteiger partial charge in [0.2, 0.25) is 0 Å². The molecule has 0 fully saturated rings. The molecule has 0 saturated carbocycles. The van der Waals surface area contributed by atoms with Crippen molar-refractivity contribution in [1.82, 2.24) is 5.32 Å². The average molecular weight is 230 g/mol. The van der Waals surface area contributed by atoms with E-state index < -0.39 is 0 Å². The number of ether oxygens (including phenoxy) is 1. The summed E-state index contributed by atoms with van der Waals surface area (Å²) in [4.78, 5) is 11.4. The Morgan fingerprint density at radius 1 is 1.47 bits per heavy atom. The number of carbonyl (C=O) groups excluding carboxylic acids is 1. The highest BCUT2D eigenvalue weighted by molar-refractivity contribution is 5.90. The maximum Gasteiger partial charge on any atom is 0.337 e. The lowest BCUT2D eigenvalue weighted by molar-refractivity contribution is 0.0600. The first-order valence-electron chi connectivity index (χ1n) is 5.29. The van der Waals surface area contributed by atoms with Crippen molar-refractivity contribution < 1.29 is 9.53 Å². The fourth-order valence-corrected chi connectivity index (χ4v) is 1.73. The fourth-order valence-electron chi connectivity index (χ4n) is 1.73. The third-order valence-corrected chi connectivity index (χ3v) is 2.64. The van der Waals surface area contributed by atoms with Gasteiger partial charge < -0.3 is 15.8 Å². The summed E-state index contributed by atoms with van der Waals surface area (Å²) in [5, 5.41) is 3.09. The van der Waals surface area contributed by atoms with Gasteiger partial charge in [0.25, 0.3) is 0 Å². The molecule has 0 radical (unpaired) electrons. The topological polar surface area (TPSA) is 64.3 Å². The zero-order valence-electron chi connectivity index (χ0n) is 9.57. The number of benzene rings is 1. The van der Waals surface area contributed by atoms with Gasteiger partial charge >= 0.3 is 5.97 Å². The number of hydrogen-bond acceptors (Lipinski definition) is 4. The first kappa shape index (κ1) is 11.3. The van der Waals surface area contributed by atoms with E-state index in [0.29, 0.717) is 17.8 Å². The Hall–Kier alpha value is -2.23. The summed E-state index contributed by atoms with van der Waals surface area (Å²) in [5.41, 5.74) is 9.06. The molecule has 0 unspecified atom stereocenters. The van der Waals surface area contributed by atoms with E-state index in [4.69, 9.17) is 5.73 Å². The van der Waals surface area contributed by atoms with Gasteiger partial charge in [-0.05, 0) is 30.0 Å². The molecule has 88 valence electrons. The molecule has 0 spiro atoms. The smallest absolute Gasteiger partial charge is 0.337 e. The number of methoxy groups -OCH3 is 1. The SMILES string of the molecule is COC(=O)c1cccc(C2=C(N)C=CNC2)c1. The molecular formula is C13H14N2O2. The van der Waals surface area contributed by atoms with Crippen LogP contribution in [0.25, 0.3) is 5.57 Å². The van der Waals surface area contributed by atoms with Gasteiger partial charge in [-0.15, -0.1) is 0 Å². The van der Waals surface area contributed by atoms with Crippen molar-refractivity contribution >= 4 is 11.5 Å². The molecule has 1 aromatic rings. The lowest BCUT2D eigenvalue weighted by Gasteiger charge is -2.15. The summed E-state index contributed by atoms with van der Waals surface area (Å²) in [5.74, 6) is -0.342. The van der Waals surface area contributed by atoms with Gasteiger partial charge in [0.05, 0.1) is 12.7 Å². The van der Waals surface area contributed by atoms with Crippen molar-refractivity contribution in [3.8, 4) is 0 Å². The maximum absolute atomic E-state index is 11.4. The van der Waals surface area contributed by atoms with Crippen LogP contribution >= 0.6 is 0 Å². The molecule has 17 heavy (non-hydrogen) atoms. The van der Waals surface area contributed by atoms with E-state index in [1.807, 2.05) is 24.4 Å². The Bertz CT molecular complexity index is 504. The molecule has 0 aromatic heterocycles. The predicted octanol–water partition coefficient (Wildman–Crippen LogP) is 1.26. The van der Waals surface area contributed by atoms with Crippen molar-refractivity contribution in [2.24, 2.45) is 5.73 Å². The standard InChI is InChI=1S/C13H14N2O2/c1-17-13(16)10-4-2-3-9(7-10)11-8-15-6-5-12(11)14/h2-7,15H,8,14H2,1H3. The Kier molecular flexibility index (Phi) is 3.14. The van der Waals surface area contributed by atoms with Crippen LogP contribution in [-0.2, 0) is 4.74 Å². The molecule has 4 nitrogen and oxygen atoms in total. The average Bonchev–Trinajstić information content (AvgIpc) is 2.38. The second-order valence-corrected chi connectivity index (χ2v) is 3.72. The molecule has 1 aromatic carbocycles. The van der Waals surface area contributed by atoms with Crippen molar-refractivity contribution in [3.05, 3.63) is 53.4 Å². The van der Waals surface area contributed by atoms with E-state index in [9.17, 15) is 4.79 Å². The zero-order valence-corrected chi connectivity index (χ0v) is 9.57. The predicted molar refractivity (Wildman–Crippen MR) is 66.0 cm³/mol. The summed E-state index contributed by atoms with van der Waals surface area (Å²) in [6, 6.07) is 7.25. The third kappa shape index (κ3) is 2.30. The van der Waals surface area contributed by atoms with Crippen molar-refractivity contribution in [2.75, 3.05) is 13.7 Å². The normalized spacial score (nSPS) is 14.4. The first-order valence-corrected chi connectivity index (χ1v) is 5.29. The van der Waals surface area contributed by atoms with E-state index in [1.165, 1.54) is 7.11 Å². The molecule has 1 aliphatic rings. The van der Waals surface area contributed by atoms with Crippen LogP contribution in [0.3, 0.4) is 0 Å². The highest BCUT2D eigenvalue weighted by atomic mass is 16.5.